The van der Waals surface area contributed by atoms with E-state index in [-0.39, 0.29) is 30.9 Å². The molecule has 0 aliphatic rings. The smallest absolute Gasteiger partial charge is 0.303 e. The van der Waals surface area contributed by atoms with Crippen LogP contribution in [0.5, 0.6) is 0 Å². The maximum Gasteiger partial charge on any atom is 0.303 e. The van der Waals surface area contributed by atoms with E-state index >= 15 is 0 Å². The molecule has 186 valence electrons. The van der Waals surface area contributed by atoms with Crippen molar-refractivity contribution in [3.63, 3.8) is 0 Å². The highest BCUT2D eigenvalue weighted by Crippen LogP contribution is 2.37. The second kappa shape index (κ2) is 10.9. The number of aromatic nitrogens is 1. The van der Waals surface area contributed by atoms with E-state index < -0.39 is 21.5 Å². The first-order valence-electron chi connectivity index (χ1n) is 11.1. The molecule has 35 heavy (non-hydrogen) atoms. The Hall–Kier alpha value is -2.78. The van der Waals surface area contributed by atoms with Crippen LogP contribution in [-0.2, 0) is 27.0 Å². The van der Waals surface area contributed by atoms with E-state index in [9.17, 15) is 18.3 Å². The van der Waals surface area contributed by atoms with Crippen molar-refractivity contribution in [3.05, 3.63) is 82.6 Å². The summed E-state index contributed by atoms with van der Waals surface area (Å²) in [5.41, 5.74) is 2.38. The molecule has 2 aromatic carbocycles. The zero-order chi connectivity index (χ0) is 25.8. The SMILES string of the molecule is Cc1c(Cl)cccc1S(=O)(=O)N(CCCC(=O)O)C(C)(C)c1cccc(-c2ccncc2CO)c1. The minimum Gasteiger partial charge on any atom is -0.481 e. The molecule has 3 aromatic rings. The number of hydrogen-bond acceptors (Lipinski definition) is 5. The molecule has 0 bridgehead atoms. The zero-order valence-corrected chi connectivity index (χ0v) is 21.5. The van der Waals surface area contributed by atoms with Crippen molar-refractivity contribution < 1.29 is 23.4 Å². The second-order valence-corrected chi connectivity index (χ2v) is 11.0. The molecule has 1 heterocycles. The van der Waals surface area contributed by atoms with E-state index in [4.69, 9.17) is 16.7 Å². The number of carboxylic acid groups (broad SMARTS) is 1. The third-order valence-corrected chi connectivity index (χ3v) is 8.74. The van der Waals surface area contributed by atoms with Gasteiger partial charge in [0.05, 0.1) is 17.0 Å². The highest BCUT2D eigenvalue weighted by atomic mass is 35.5. The lowest BCUT2D eigenvalue weighted by Crippen LogP contribution is -2.46. The van der Waals surface area contributed by atoms with Crippen LogP contribution in [0.25, 0.3) is 11.1 Å². The number of benzene rings is 2. The number of halogens is 1. The van der Waals surface area contributed by atoms with E-state index in [2.05, 4.69) is 4.98 Å². The molecule has 3 rings (SSSR count). The quantitative estimate of drug-likeness (QED) is 0.393. The Kier molecular flexibility index (Phi) is 8.33. The van der Waals surface area contributed by atoms with Gasteiger partial charge in [-0.25, -0.2) is 8.42 Å². The molecule has 0 amide bonds. The fourth-order valence-electron chi connectivity index (χ4n) is 4.11. The Morgan fingerprint density at radius 1 is 1.14 bits per heavy atom. The van der Waals surface area contributed by atoms with E-state index in [0.29, 0.717) is 21.7 Å². The Labute approximate surface area is 211 Å². The van der Waals surface area contributed by atoms with Gasteiger partial charge in [-0.3, -0.25) is 9.78 Å². The predicted molar refractivity (Wildman–Crippen MR) is 136 cm³/mol. The number of aliphatic hydroxyl groups excluding tert-OH is 1. The number of sulfonamides is 1. The van der Waals surface area contributed by atoms with Gasteiger partial charge in [-0.05, 0) is 73.7 Å². The summed E-state index contributed by atoms with van der Waals surface area (Å²) in [4.78, 5) is 15.3. The number of aliphatic hydroxyl groups is 1. The Morgan fingerprint density at radius 3 is 2.54 bits per heavy atom. The highest BCUT2D eigenvalue weighted by molar-refractivity contribution is 7.89. The van der Waals surface area contributed by atoms with Gasteiger partial charge in [-0.1, -0.05) is 35.9 Å². The Morgan fingerprint density at radius 2 is 1.86 bits per heavy atom. The van der Waals surface area contributed by atoms with Crippen molar-refractivity contribution in [1.82, 2.24) is 9.29 Å². The van der Waals surface area contributed by atoms with Crippen molar-refractivity contribution in [1.29, 1.82) is 0 Å². The standard InChI is InChI=1S/C26H29ClN2O5S/c1-18-23(27)9-5-10-24(18)35(33,34)29(14-6-11-25(31)32)26(2,3)21-8-4-7-19(15-21)22-12-13-28-16-20(22)17-30/h4-5,7-10,12-13,15-16,30H,6,11,14,17H2,1-3H3,(H,31,32). The summed E-state index contributed by atoms with van der Waals surface area (Å²) in [6.45, 7) is 5.07. The number of carboxylic acids is 1. The van der Waals surface area contributed by atoms with Gasteiger partial charge in [-0.2, -0.15) is 4.31 Å². The lowest BCUT2D eigenvalue weighted by Gasteiger charge is -2.38. The number of nitrogens with zero attached hydrogens (tertiary/aromatic N) is 2. The lowest BCUT2D eigenvalue weighted by atomic mass is 9.90. The number of carbonyl (C=O) groups is 1. The minimum atomic E-state index is -4.04. The number of aliphatic carboxylic acids is 1. The van der Waals surface area contributed by atoms with Crippen LogP contribution in [0, 0.1) is 6.92 Å². The average molecular weight is 517 g/mol. The van der Waals surface area contributed by atoms with Crippen molar-refractivity contribution >= 4 is 27.6 Å². The molecule has 0 saturated heterocycles. The van der Waals surface area contributed by atoms with E-state index in [1.54, 1.807) is 51.4 Å². The lowest BCUT2D eigenvalue weighted by molar-refractivity contribution is -0.137. The van der Waals surface area contributed by atoms with Gasteiger partial charge in [-0.15, -0.1) is 0 Å². The molecular weight excluding hydrogens is 488 g/mol. The number of pyridine rings is 1. The number of hydrogen-bond donors (Lipinski definition) is 2. The van der Waals surface area contributed by atoms with Gasteiger partial charge in [0.25, 0.3) is 0 Å². The average Bonchev–Trinajstić information content (AvgIpc) is 2.83. The second-order valence-electron chi connectivity index (χ2n) is 8.77. The van der Waals surface area contributed by atoms with Crippen LogP contribution in [0.1, 0.15) is 43.4 Å². The van der Waals surface area contributed by atoms with Crippen molar-refractivity contribution in [3.8, 4) is 11.1 Å². The molecule has 0 saturated carbocycles. The van der Waals surface area contributed by atoms with Crippen LogP contribution in [-0.4, -0.2) is 40.4 Å². The molecule has 0 fully saturated rings. The minimum absolute atomic E-state index is 0.00889. The normalized spacial score (nSPS) is 12.2. The molecule has 7 nitrogen and oxygen atoms in total. The van der Waals surface area contributed by atoms with Crippen LogP contribution >= 0.6 is 11.6 Å². The zero-order valence-electron chi connectivity index (χ0n) is 19.9. The van der Waals surface area contributed by atoms with Gasteiger partial charge >= 0.3 is 5.97 Å². The van der Waals surface area contributed by atoms with Gasteiger partial charge in [0.1, 0.15) is 0 Å². The molecule has 9 heteroatoms. The monoisotopic (exact) mass is 516 g/mol. The summed E-state index contributed by atoms with van der Waals surface area (Å²) >= 11 is 6.23. The summed E-state index contributed by atoms with van der Waals surface area (Å²) in [5.74, 6) is -0.990. The van der Waals surface area contributed by atoms with Crippen molar-refractivity contribution in [2.24, 2.45) is 0 Å². The molecule has 2 N–H and O–H groups in total. The molecule has 0 atom stereocenters. The van der Waals surface area contributed by atoms with E-state index in [1.807, 2.05) is 24.3 Å². The first-order chi connectivity index (χ1) is 16.5. The largest absolute Gasteiger partial charge is 0.481 e. The van der Waals surface area contributed by atoms with Crippen molar-refractivity contribution in [2.75, 3.05) is 6.54 Å². The number of rotatable bonds is 10. The molecule has 0 unspecified atom stereocenters. The van der Waals surface area contributed by atoms with Gasteiger partial charge in [0, 0.05) is 35.9 Å². The maximum absolute atomic E-state index is 13.9. The summed E-state index contributed by atoms with van der Waals surface area (Å²) in [6, 6.07) is 14.0. The topological polar surface area (TPSA) is 108 Å². The summed E-state index contributed by atoms with van der Waals surface area (Å²) in [5, 5.41) is 19.2. The van der Waals surface area contributed by atoms with Crippen LogP contribution in [0.15, 0.2) is 65.8 Å². The molecule has 1 aromatic heterocycles. The summed E-state index contributed by atoms with van der Waals surface area (Å²) in [6.07, 6.45) is 3.22. The van der Waals surface area contributed by atoms with Crippen LogP contribution in [0.3, 0.4) is 0 Å². The maximum atomic E-state index is 13.9. The summed E-state index contributed by atoms with van der Waals surface area (Å²) in [7, 11) is -4.04. The molecule has 0 aliphatic heterocycles. The van der Waals surface area contributed by atoms with Gasteiger partial charge in [0.2, 0.25) is 10.0 Å². The summed E-state index contributed by atoms with van der Waals surface area (Å²) < 4.78 is 29.2. The van der Waals surface area contributed by atoms with Crippen LogP contribution in [0.4, 0.5) is 0 Å². The fourth-order valence-corrected chi connectivity index (χ4v) is 6.40. The van der Waals surface area contributed by atoms with Crippen LogP contribution in [0.2, 0.25) is 5.02 Å². The molecule has 0 spiro atoms. The van der Waals surface area contributed by atoms with Crippen molar-refractivity contribution in [2.45, 2.75) is 50.7 Å². The molecule has 0 aliphatic carbocycles. The molecule has 0 radical (unpaired) electrons. The van der Waals surface area contributed by atoms with E-state index in [1.165, 1.54) is 10.4 Å². The highest BCUT2D eigenvalue weighted by Gasteiger charge is 2.39. The Balaban J connectivity index is 2.12. The third kappa shape index (κ3) is 5.73. The van der Waals surface area contributed by atoms with E-state index in [0.717, 1.165) is 11.1 Å². The van der Waals surface area contributed by atoms with Crippen LogP contribution < -0.4 is 0 Å². The first-order valence-corrected chi connectivity index (χ1v) is 13.0. The molecular formula is C26H29ClN2O5S. The van der Waals surface area contributed by atoms with Gasteiger partial charge in [0.15, 0.2) is 0 Å². The first kappa shape index (κ1) is 26.8. The Bertz CT molecular complexity index is 1320. The fraction of sp³-hybridized carbons (Fsp3) is 0.308. The van der Waals surface area contributed by atoms with Gasteiger partial charge < -0.3 is 10.2 Å². The third-order valence-electron chi connectivity index (χ3n) is 6.12. The predicted octanol–water partition coefficient (Wildman–Crippen LogP) is 4.99.